The van der Waals surface area contributed by atoms with Gasteiger partial charge in [0.2, 0.25) is 10.0 Å². The molecule has 0 saturated heterocycles. The Kier molecular flexibility index (Phi) is 7.59. The van der Waals surface area contributed by atoms with Gasteiger partial charge in [-0.3, -0.25) is 4.79 Å². The maximum absolute atomic E-state index is 12.6. The second-order valence-electron chi connectivity index (χ2n) is 6.88. The number of benzene rings is 1. The molecule has 0 aromatic heterocycles. The Bertz CT molecular complexity index is 807. The van der Waals surface area contributed by atoms with E-state index in [1.165, 1.54) is 13.2 Å². The summed E-state index contributed by atoms with van der Waals surface area (Å²) in [5.41, 5.74) is 0.854. The average molecular weight is 410 g/mol. The van der Waals surface area contributed by atoms with Crippen molar-refractivity contribution in [3.05, 3.63) is 48.0 Å². The van der Waals surface area contributed by atoms with Gasteiger partial charge in [0.1, 0.15) is 12.6 Å². The third-order valence-electron chi connectivity index (χ3n) is 4.37. The van der Waals surface area contributed by atoms with Crippen molar-refractivity contribution in [2.45, 2.75) is 44.2 Å². The van der Waals surface area contributed by atoms with Crippen molar-refractivity contribution in [1.82, 2.24) is 10.0 Å². The van der Waals surface area contributed by atoms with E-state index in [1.807, 2.05) is 30.3 Å². The van der Waals surface area contributed by atoms with Gasteiger partial charge in [0.05, 0.1) is 18.4 Å². The Morgan fingerprint density at radius 2 is 1.86 bits per heavy atom. The number of alkyl carbamates (subject to hydrolysis) is 1. The largest absolute Gasteiger partial charge is 0.468 e. The normalized spacial score (nSPS) is 20.0. The van der Waals surface area contributed by atoms with Crippen LogP contribution >= 0.6 is 0 Å². The molecule has 1 aromatic rings. The van der Waals surface area contributed by atoms with Gasteiger partial charge in [-0.1, -0.05) is 56.3 Å². The monoisotopic (exact) mass is 410 g/mol. The second kappa shape index (κ2) is 9.70. The molecule has 2 rings (SSSR count). The van der Waals surface area contributed by atoms with Crippen LogP contribution in [0.4, 0.5) is 4.79 Å². The lowest BCUT2D eigenvalue weighted by atomic mass is 10.1. The van der Waals surface area contributed by atoms with Crippen LogP contribution in [0.5, 0.6) is 0 Å². The number of hydrogen-bond donors (Lipinski definition) is 2. The summed E-state index contributed by atoms with van der Waals surface area (Å²) in [4.78, 5) is 23.7. The van der Waals surface area contributed by atoms with Crippen molar-refractivity contribution in [3.8, 4) is 0 Å². The Morgan fingerprint density at radius 3 is 2.46 bits per heavy atom. The van der Waals surface area contributed by atoms with Crippen molar-refractivity contribution in [1.29, 1.82) is 0 Å². The Morgan fingerprint density at radius 1 is 1.18 bits per heavy atom. The first-order valence-electron chi connectivity index (χ1n) is 8.97. The van der Waals surface area contributed by atoms with Crippen molar-refractivity contribution in [3.63, 3.8) is 0 Å². The third-order valence-corrected chi connectivity index (χ3v) is 6.10. The maximum Gasteiger partial charge on any atom is 0.407 e. The highest BCUT2D eigenvalue weighted by molar-refractivity contribution is 7.90. The van der Waals surface area contributed by atoms with Crippen LogP contribution in [-0.4, -0.2) is 44.9 Å². The number of ether oxygens (including phenoxy) is 2. The highest BCUT2D eigenvalue weighted by Crippen LogP contribution is 2.19. The van der Waals surface area contributed by atoms with E-state index in [1.54, 1.807) is 19.9 Å². The summed E-state index contributed by atoms with van der Waals surface area (Å²) in [7, 11) is -2.60. The van der Waals surface area contributed by atoms with Crippen LogP contribution in [0, 0.1) is 5.92 Å². The van der Waals surface area contributed by atoms with E-state index >= 15 is 0 Å². The molecule has 154 valence electrons. The first kappa shape index (κ1) is 21.9. The van der Waals surface area contributed by atoms with Crippen LogP contribution < -0.4 is 10.0 Å². The van der Waals surface area contributed by atoms with Crippen LogP contribution in [0.1, 0.15) is 25.8 Å². The summed E-state index contributed by atoms with van der Waals surface area (Å²) in [5, 5.41) is 1.77. The van der Waals surface area contributed by atoms with Gasteiger partial charge in [-0.05, 0) is 17.9 Å². The van der Waals surface area contributed by atoms with Crippen LogP contribution in [0.2, 0.25) is 0 Å². The predicted octanol–water partition coefficient (Wildman–Crippen LogP) is 1.73. The van der Waals surface area contributed by atoms with Gasteiger partial charge in [-0.15, -0.1) is 0 Å². The van der Waals surface area contributed by atoms with Crippen molar-refractivity contribution < 1.29 is 27.5 Å². The molecule has 8 nitrogen and oxygen atoms in total. The minimum absolute atomic E-state index is 0.127. The van der Waals surface area contributed by atoms with E-state index in [0.29, 0.717) is 0 Å². The molecule has 9 heteroatoms. The fraction of sp³-hybridized carbons (Fsp3) is 0.474. The Hall–Kier alpha value is -2.39. The highest BCUT2D eigenvalue weighted by Gasteiger charge is 2.35. The molecule has 0 unspecified atom stereocenters. The molecule has 0 radical (unpaired) electrons. The zero-order chi connectivity index (χ0) is 20.7. The predicted molar refractivity (Wildman–Crippen MR) is 104 cm³/mol. The lowest BCUT2D eigenvalue weighted by Gasteiger charge is -2.22. The molecule has 1 aliphatic rings. The fourth-order valence-electron chi connectivity index (χ4n) is 2.77. The lowest BCUT2D eigenvalue weighted by molar-refractivity contribution is -0.143. The number of amides is 1. The van der Waals surface area contributed by atoms with Crippen molar-refractivity contribution in [2.24, 2.45) is 5.92 Å². The van der Waals surface area contributed by atoms with Gasteiger partial charge in [-0.2, -0.15) is 0 Å². The average Bonchev–Trinajstić information content (AvgIpc) is 3.14. The van der Waals surface area contributed by atoms with Gasteiger partial charge >= 0.3 is 12.1 Å². The van der Waals surface area contributed by atoms with Crippen LogP contribution in [-0.2, 0) is 30.9 Å². The number of carbonyl (C=O) groups is 2. The number of esters is 1. The van der Waals surface area contributed by atoms with E-state index in [0.717, 1.165) is 5.56 Å². The van der Waals surface area contributed by atoms with Gasteiger partial charge in [0.25, 0.3) is 0 Å². The molecule has 1 aromatic carbocycles. The smallest absolute Gasteiger partial charge is 0.407 e. The zero-order valence-electron chi connectivity index (χ0n) is 16.1. The molecule has 0 fully saturated rings. The van der Waals surface area contributed by atoms with E-state index < -0.39 is 39.4 Å². The molecule has 1 amide bonds. The molecular formula is C19H26N2O6S. The molecule has 0 heterocycles. The highest BCUT2D eigenvalue weighted by atomic mass is 32.2. The fourth-order valence-corrected chi connectivity index (χ4v) is 4.42. The quantitative estimate of drug-likeness (QED) is 0.499. The Balaban J connectivity index is 1.87. The molecule has 0 spiro atoms. The molecule has 0 saturated carbocycles. The van der Waals surface area contributed by atoms with Crippen molar-refractivity contribution in [2.75, 3.05) is 7.11 Å². The van der Waals surface area contributed by atoms with E-state index in [9.17, 15) is 18.0 Å². The molecule has 3 atom stereocenters. The summed E-state index contributed by atoms with van der Waals surface area (Å²) in [6, 6.07) is 7.79. The van der Waals surface area contributed by atoms with Gasteiger partial charge in [-0.25, -0.2) is 17.9 Å². The van der Waals surface area contributed by atoms with E-state index in [-0.39, 0.29) is 18.9 Å². The summed E-state index contributed by atoms with van der Waals surface area (Å²) in [6.07, 6.45) is 2.64. The summed E-state index contributed by atoms with van der Waals surface area (Å²) in [5.74, 6) is -0.908. The van der Waals surface area contributed by atoms with Crippen LogP contribution in [0.15, 0.2) is 42.5 Å². The molecule has 0 aliphatic heterocycles. The standard InChI is InChI=1S/C19H26N2O6S/c1-13(2)17(18(22)26-3)21-28(24,25)16-10-9-15(11-16)20-19(23)27-12-14-7-5-4-6-8-14/h4-10,13,15-17,21H,11-12H2,1-3H3,(H,20,23)/t15-,16+,17+/m1/s1. The number of carbonyl (C=O) groups excluding carboxylic acids is 2. The number of rotatable bonds is 8. The van der Waals surface area contributed by atoms with E-state index in [4.69, 9.17) is 4.74 Å². The minimum Gasteiger partial charge on any atom is -0.468 e. The maximum atomic E-state index is 12.6. The zero-order valence-corrected chi connectivity index (χ0v) is 16.9. The molecule has 0 bridgehead atoms. The third kappa shape index (κ3) is 6.07. The van der Waals surface area contributed by atoms with Crippen molar-refractivity contribution >= 4 is 22.1 Å². The first-order valence-corrected chi connectivity index (χ1v) is 10.5. The van der Waals surface area contributed by atoms with Gasteiger partial charge in [0.15, 0.2) is 0 Å². The van der Waals surface area contributed by atoms with Crippen LogP contribution in [0.25, 0.3) is 0 Å². The first-order chi connectivity index (χ1) is 13.2. The summed E-state index contributed by atoms with van der Waals surface area (Å²) < 4.78 is 37.4. The van der Waals surface area contributed by atoms with Gasteiger partial charge < -0.3 is 14.8 Å². The number of sulfonamides is 1. The molecule has 2 N–H and O–H groups in total. The molecule has 1 aliphatic carbocycles. The minimum atomic E-state index is -3.81. The summed E-state index contributed by atoms with van der Waals surface area (Å²) >= 11 is 0. The van der Waals surface area contributed by atoms with E-state index in [2.05, 4.69) is 14.8 Å². The summed E-state index contributed by atoms with van der Waals surface area (Å²) in [6.45, 7) is 3.57. The lowest BCUT2D eigenvalue weighted by Crippen LogP contribution is -2.48. The number of hydrogen-bond acceptors (Lipinski definition) is 6. The topological polar surface area (TPSA) is 111 Å². The van der Waals surface area contributed by atoms with Crippen LogP contribution in [0.3, 0.4) is 0 Å². The molecule has 28 heavy (non-hydrogen) atoms. The number of nitrogens with one attached hydrogen (secondary N) is 2. The number of methoxy groups -OCH3 is 1. The SMILES string of the molecule is COC(=O)[C@@H](NS(=O)(=O)[C@H]1C=C[C@@H](NC(=O)OCc2ccccc2)C1)C(C)C. The second-order valence-corrected chi connectivity index (χ2v) is 8.81. The Labute approximate surface area is 165 Å². The van der Waals surface area contributed by atoms with Gasteiger partial charge in [0, 0.05) is 0 Å². The molecular weight excluding hydrogens is 384 g/mol.